The second-order valence-electron chi connectivity index (χ2n) is 17.0. The van der Waals surface area contributed by atoms with Crippen LogP contribution in [-0.2, 0) is 10.8 Å². The Kier molecular flexibility index (Phi) is 8.36. The highest BCUT2D eigenvalue weighted by atomic mass is 15.1. The van der Waals surface area contributed by atoms with Crippen LogP contribution in [-0.4, -0.2) is 0 Å². The molecule has 60 heavy (non-hydrogen) atoms. The van der Waals surface area contributed by atoms with E-state index in [0.717, 1.165) is 17.1 Å². The number of aryl methyl sites for hydroxylation is 1. The molecule has 0 saturated carbocycles. The molecule has 0 aliphatic heterocycles. The molecule has 0 bridgehead atoms. The van der Waals surface area contributed by atoms with Crippen LogP contribution in [0.4, 0.5) is 17.1 Å². The molecule has 0 atom stereocenters. The van der Waals surface area contributed by atoms with E-state index in [-0.39, 0.29) is 5.41 Å². The maximum absolute atomic E-state index is 2.52. The van der Waals surface area contributed by atoms with Crippen molar-refractivity contribution in [3.8, 4) is 44.5 Å². The van der Waals surface area contributed by atoms with Crippen molar-refractivity contribution in [2.75, 3.05) is 4.90 Å². The highest BCUT2D eigenvalue weighted by Gasteiger charge is 2.46. The molecule has 0 saturated heterocycles. The first-order valence-electron chi connectivity index (χ1n) is 21.1. The quantitative estimate of drug-likeness (QED) is 0.156. The van der Waals surface area contributed by atoms with E-state index in [0.29, 0.717) is 0 Å². The Balaban J connectivity index is 1.20. The number of anilines is 3. The highest BCUT2D eigenvalue weighted by Crippen LogP contribution is 2.58. The maximum Gasteiger partial charge on any atom is 0.0714 e. The zero-order chi connectivity index (χ0) is 40.4. The molecule has 0 N–H and O–H groups in total. The summed E-state index contributed by atoms with van der Waals surface area (Å²) < 4.78 is 0. The van der Waals surface area contributed by atoms with Gasteiger partial charge in [-0.15, -0.1) is 0 Å². The standard InChI is InChI=1S/C59H45N/c1-40-27-29-41(30-28-40)43-31-36-57(52(37-43)42-17-7-4-8-18-42)60(46-32-34-50-48-23-13-15-25-53(48)58(2,3)55(50)38-46)47-33-35-51-49-24-14-16-26-54(49)59(56(51)39-47,44-19-9-5-10-20-44)45-21-11-6-12-22-45/h4-39H,1-3H3. The fourth-order valence-electron chi connectivity index (χ4n) is 10.3. The molecule has 0 fully saturated rings. The molecule has 1 nitrogen and oxygen atoms in total. The molecule has 286 valence electrons. The van der Waals surface area contributed by atoms with Crippen molar-refractivity contribution in [3.05, 3.63) is 257 Å². The molecule has 9 aromatic rings. The van der Waals surface area contributed by atoms with Gasteiger partial charge in [0.2, 0.25) is 0 Å². The zero-order valence-corrected chi connectivity index (χ0v) is 34.2. The Morgan fingerprint density at radius 3 is 1.45 bits per heavy atom. The van der Waals surface area contributed by atoms with Gasteiger partial charge in [0, 0.05) is 22.4 Å². The third-order valence-corrected chi connectivity index (χ3v) is 13.2. The minimum absolute atomic E-state index is 0.152. The summed E-state index contributed by atoms with van der Waals surface area (Å²) in [7, 11) is 0. The lowest BCUT2D eigenvalue weighted by molar-refractivity contribution is 0.660. The summed E-state index contributed by atoms with van der Waals surface area (Å²) in [6, 6.07) is 81.3. The van der Waals surface area contributed by atoms with E-state index in [4.69, 9.17) is 0 Å². The number of hydrogen-bond acceptors (Lipinski definition) is 1. The SMILES string of the molecule is Cc1ccc(-c2ccc(N(c3ccc4c(c3)C(C)(C)c3ccccc3-4)c3ccc4c(c3)C(c3ccccc3)(c3ccccc3)c3ccccc3-4)c(-c3ccccc3)c2)cc1. The van der Waals surface area contributed by atoms with Gasteiger partial charge in [-0.05, 0) is 116 Å². The smallest absolute Gasteiger partial charge is 0.0714 e. The summed E-state index contributed by atoms with van der Waals surface area (Å²) in [6.07, 6.45) is 0. The van der Waals surface area contributed by atoms with Gasteiger partial charge in [-0.3, -0.25) is 0 Å². The van der Waals surface area contributed by atoms with E-state index < -0.39 is 5.41 Å². The molecule has 0 aromatic heterocycles. The van der Waals surface area contributed by atoms with Crippen LogP contribution in [0.25, 0.3) is 44.5 Å². The van der Waals surface area contributed by atoms with Gasteiger partial charge < -0.3 is 4.90 Å². The molecule has 2 aliphatic carbocycles. The highest BCUT2D eigenvalue weighted by molar-refractivity contribution is 5.95. The first-order chi connectivity index (χ1) is 29.4. The normalized spacial score (nSPS) is 13.8. The number of rotatable bonds is 7. The van der Waals surface area contributed by atoms with E-state index >= 15 is 0 Å². The minimum atomic E-state index is -0.519. The van der Waals surface area contributed by atoms with Crippen molar-refractivity contribution in [2.24, 2.45) is 0 Å². The number of benzene rings is 9. The van der Waals surface area contributed by atoms with Gasteiger partial charge in [-0.25, -0.2) is 0 Å². The molecule has 2 aliphatic rings. The van der Waals surface area contributed by atoms with Gasteiger partial charge in [0.1, 0.15) is 0 Å². The van der Waals surface area contributed by atoms with Crippen molar-refractivity contribution in [1.29, 1.82) is 0 Å². The van der Waals surface area contributed by atoms with Gasteiger partial charge in [0.15, 0.2) is 0 Å². The molecular formula is C59H45N. The Labute approximate surface area is 353 Å². The summed E-state index contributed by atoms with van der Waals surface area (Å²) in [5, 5.41) is 0. The van der Waals surface area contributed by atoms with Crippen molar-refractivity contribution in [2.45, 2.75) is 31.6 Å². The first kappa shape index (κ1) is 35.9. The molecule has 0 unspecified atom stereocenters. The van der Waals surface area contributed by atoms with Gasteiger partial charge in [0.25, 0.3) is 0 Å². The lowest BCUT2D eigenvalue weighted by Gasteiger charge is -2.35. The van der Waals surface area contributed by atoms with E-state index in [1.807, 2.05) is 0 Å². The van der Waals surface area contributed by atoms with Crippen molar-refractivity contribution < 1.29 is 0 Å². The van der Waals surface area contributed by atoms with Crippen LogP contribution < -0.4 is 4.90 Å². The van der Waals surface area contributed by atoms with Crippen LogP contribution in [0.1, 0.15) is 52.8 Å². The Morgan fingerprint density at radius 2 is 0.817 bits per heavy atom. The number of fused-ring (bicyclic) bond motifs is 6. The fraction of sp³-hybridized carbons (Fsp3) is 0.0847. The van der Waals surface area contributed by atoms with Crippen LogP contribution in [0.15, 0.2) is 218 Å². The maximum atomic E-state index is 2.52. The molecule has 9 aromatic carbocycles. The van der Waals surface area contributed by atoms with Crippen LogP contribution in [0.2, 0.25) is 0 Å². The number of hydrogen-bond donors (Lipinski definition) is 0. The summed E-state index contributed by atoms with van der Waals surface area (Å²) in [6.45, 7) is 6.90. The first-order valence-corrected chi connectivity index (χ1v) is 21.1. The predicted molar refractivity (Wildman–Crippen MR) is 252 cm³/mol. The van der Waals surface area contributed by atoms with Crippen LogP contribution in [0, 0.1) is 6.92 Å². The van der Waals surface area contributed by atoms with E-state index in [1.54, 1.807) is 0 Å². The lowest BCUT2D eigenvalue weighted by atomic mass is 9.67. The summed E-state index contributed by atoms with van der Waals surface area (Å²) in [4.78, 5) is 2.52. The van der Waals surface area contributed by atoms with Crippen LogP contribution in [0.5, 0.6) is 0 Å². The van der Waals surface area contributed by atoms with Crippen LogP contribution >= 0.6 is 0 Å². The van der Waals surface area contributed by atoms with Gasteiger partial charge in [-0.2, -0.15) is 0 Å². The number of nitrogens with zero attached hydrogens (tertiary/aromatic N) is 1. The van der Waals surface area contributed by atoms with Gasteiger partial charge >= 0.3 is 0 Å². The lowest BCUT2D eigenvalue weighted by Crippen LogP contribution is -2.28. The zero-order valence-electron chi connectivity index (χ0n) is 34.2. The van der Waals surface area contributed by atoms with Gasteiger partial charge in [0.05, 0.1) is 11.1 Å². The molecule has 0 heterocycles. The van der Waals surface area contributed by atoms with Gasteiger partial charge in [-0.1, -0.05) is 201 Å². The van der Waals surface area contributed by atoms with E-state index in [1.165, 1.54) is 83.5 Å². The monoisotopic (exact) mass is 767 g/mol. The summed E-state index contributed by atoms with van der Waals surface area (Å²) in [5.41, 5.74) is 21.8. The average molecular weight is 768 g/mol. The summed E-state index contributed by atoms with van der Waals surface area (Å²) >= 11 is 0. The van der Waals surface area contributed by atoms with E-state index in [2.05, 4.69) is 244 Å². The minimum Gasteiger partial charge on any atom is -0.310 e. The van der Waals surface area contributed by atoms with Crippen LogP contribution in [0.3, 0.4) is 0 Å². The molecular weight excluding hydrogens is 723 g/mol. The molecule has 0 spiro atoms. The third kappa shape index (κ3) is 5.46. The fourth-order valence-corrected chi connectivity index (χ4v) is 10.3. The largest absolute Gasteiger partial charge is 0.310 e. The second kappa shape index (κ2) is 14.0. The Bertz CT molecular complexity index is 3010. The van der Waals surface area contributed by atoms with E-state index in [9.17, 15) is 0 Å². The second-order valence-corrected chi connectivity index (χ2v) is 17.0. The molecule has 1 heteroatoms. The average Bonchev–Trinajstić information content (AvgIpc) is 3.73. The van der Waals surface area contributed by atoms with Crippen molar-refractivity contribution >= 4 is 17.1 Å². The predicted octanol–water partition coefficient (Wildman–Crippen LogP) is 15.5. The summed E-state index contributed by atoms with van der Waals surface area (Å²) in [5.74, 6) is 0. The van der Waals surface area contributed by atoms with Crippen molar-refractivity contribution in [1.82, 2.24) is 0 Å². The molecule has 0 radical (unpaired) electrons. The Morgan fingerprint density at radius 1 is 0.333 bits per heavy atom. The molecule has 0 amide bonds. The topological polar surface area (TPSA) is 3.24 Å². The Hall–Kier alpha value is -7.22. The van der Waals surface area contributed by atoms with Crippen molar-refractivity contribution in [3.63, 3.8) is 0 Å². The molecule has 11 rings (SSSR count). The third-order valence-electron chi connectivity index (χ3n) is 13.2.